The van der Waals surface area contributed by atoms with Gasteiger partial charge in [-0.15, -0.1) is 0 Å². The van der Waals surface area contributed by atoms with E-state index in [1.54, 1.807) is 37.3 Å². The van der Waals surface area contributed by atoms with Gasteiger partial charge in [-0.05, 0) is 77.4 Å². The van der Waals surface area contributed by atoms with Gasteiger partial charge in [0.1, 0.15) is 29.5 Å². The minimum Gasteiger partial charge on any atom is -0.497 e. The first-order valence-corrected chi connectivity index (χ1v) is 14.7. The van der Waals surface area contributed by atoms with E-state index in [-0.39, 0.29) is 43.8 Å². The van der Waals surface area contributed by atoms with Gasteiger partial charge in [-0.1, -0.05) is 12.1 Å². The summed E-state index contributed by atoms with van der Waals surface area (Å²) >= 11 is 2.15. The van der Waals surface area contributed by atoms with E-state index >= 15 is 0 Å². The molecular formula is C30H37IN2O8. The number of nitrogens with zero attached hydrogens (tertiary/aromatic N) is 1. The Kier molecular flexibility index (Phi) is 11.3. The monoisotopic (exact) mass is 680 g/mol. The molecule has 0 bridgehead atoms. The zero-order valence-electron chi connectivity index (χ0n) is 23.3. The number of carbonyl (C=O) groups is 2. The number of ether oxygens (including phenoxy) is 4. The molecule has 3 N–H and O–H groups in total. The van der Waals surface area contributed by atoms with Crippen LogP contribution in [-0.4, -0.2) is 92.3 Å². The molecule has 0 spiro atoms. The molecule has 1 fully saturated rings. The van der Waals surface area contributed by atoms with Gasteiger partial charge in [0.15, 0.2) is 0 Å². The van der Waals surface area contributed by atoms with Crippen LogP contribution in [0, 0.1) is 9.49 Å². The topological polar surface area (TPSA) is 127 Å². The summed E-state index contributed by atoms with van der Waals surface area (Å²) in [7, 11) is 3.17. The van der Waals surface area contributed by atoms with Gasteiger partial charge in [0, 0.05) is 31.7 Å². The summed E-state index contributed by atoms with van der Waals surface area (Å²) in [5.74, 6) is 1.03. The molecule has 222 valence electrons. The summed E-state index contributed by atoms with van der Waals surface area (Å²) in [4.78, 5) is 28.7. The standard InChI is InChI=1S/C30H37IN2O8/c1-38-22-7-8-25(39-2)19(15-22)9-12-33(30(37)20-10-14-40-18-20)24-16-21(29(36)32-11-13-34)17-27(28(24)35)41-26-6-4-3-5-23(26)31/h3-8,15,17,20,24,27-28,34-35H,9-14,16,18H2,1-2H3,(H,32,36)/t20?,24-,27+,28+/m1/s1. The Labute approximate surface area is 253 Å². The summed E-state index contributed by atoms with van der Waals surface area (Å²) in [6.45, 7) is 0.948. The highest BCUT2D eigenvalue weighted by Gasteiger charge is 2.42. The van der Waals surface area contributed by atoms with Crippen LogP contribution >= 0.6 is 22.6 Å². The molecule has 4 rings (SSSR count). The second-order valence-electron chi connectivity index (χ2n) is 9.97. The SMILES string of the molecule is COc1ccc(OC)c(CCN(C(=O)C2CCOC2)[C@@H]2CC(C(=O)NCCO)=C[C@H](Oc3ccccc3I)[C@H]2O)c1. The zero-order chi connectivity index (χ0) is 29.4. The summed E-state index contributed by atoms with van der Waals surface area (Å²) in [6, 6.07) is 12.2. The highest BCUT2D eigenvalue weighted by molar-refractivity contribution is 14.1. The fourth-order valence-electron chi connectivity index (χ4n) is 5.19. The molecule has 0 aromatic heterocycles. The molecule has 2 aliphatic rings. The number of hydrogen-bond acceptors (Lipinski definition) is 8. The van der Waals surface area contributed by atoms with Crippen molar-refractivity contribution in [2.75, 3.05) is 47.1 Å². The van der Waals surface area contributed by atoms with Crippen molar-refractivity contribution in [3.05, 3.63) is 63.2 Å². The van der Waals surface area contributed by atoms with Crippen LogP contribution in [0.25, 0.3) is 0 Å². The van der Waals surface area contributed by atoms with Crippen molar-refractivity contribution in [1.82, 2.24) is 10.2 Å². The molecule has 10 nitrogen and oxygen atoms in total. The highest BCUT2D eigenvalue weighted by Crippen LogP contribution is 2.32. The maximum atomic E-state index is 13.9. The maximum Gasteiger partial charge on any atom is 0.247 e. The predicted octanol–water partition coefficient (Wildman–Crippen LogP) is 2.33. The lowest BCUT2D eigenvalue weighted by Crippen LogP contribution is -2.56. The van der Waals surface area contributed by atoms with E-state index in [9.17, 15) is 19.8 Å². The minimum absolute atomic E-state index is 0.0865. The smallest absolute Gasteiger partial charge is 0.247 e. The first-order chi connectivity index (χ1) is 19.9. The summed E-state index contributed by atoms with van der Waals surface area (Å²) in [5, 5.41) is 23.6. The van der Waals surface area contributed by atoms with Crippen molar-refractivity contribution in [2.45, 2.75) is 37.5 Å². The molecule has 1 aliphatic carbocycles. The molecule has 0 saturated carbocycles. The Morgan fingerprint density at radius 1 is 1.15 bits per heavy atom. The molecule has 0 radical (unpaired) electrons. The Hall–Kier alpha value is -2.87. The second kappa shape index (κ2) is 14.9. The molecule has 1 saturated heterocycles. The molecular weight excluding hydrogens is 643 g/mol. The van der Waals surface area contributed by atoms with E-state index in [1.165, 1.54) is 0 Å². The number of para-hydroxylation sites is 1. The van der Waals surface area contributed by atoms with Crippen molar-refractivity contribution in [3.63, 3.8) is 0 Å². The molecule has 4 atom stereocenters. The van der Waals surface area contributed by atoms with Crippen LogP contribution in [-0.2, 0) is 20.7 Å². The van der Waals surface area contributed by atoms with Crippen LogP contribution in [0.1, 0.15) is 18.4 Å². The van der Waals surface area contributed by atoms with Crippen molar-refractivity contribution in [2.24, 2.45) is 5.92 Å². The fraction of sp³-hybridized carbons (Fsp3) is 0.467. The summed E-state index contributed by atoms with van der Waals surface area (Å²) in [6.07, 6.45) is 0.755. The van der Waals surface area contributed by atoms with Gasteiger partial charge in [-0.2, -0.15) is 0 Å². The lowest BCUT2D eigenvalue weighted by atomic mass is 9.87. The average molecular weight is 681 g/mol. The van der Waals surface area contributed by atoms with Gasteiger partial charge in [-0.25, -0.2) is 0 Å². The molecule has 1 unspecified atom stereocenters. The predicted molar refractivity (Wildman–Crippen MR) is 160 cm³/mol. The Balaban J connectivity index is 1.67. The van der Waals surface area contributed by atoms with Gasteiger partial charge >= 0.3 is 0 Å². The summed E-state index contributed by atoms with van der Waals surface area (Å²) < 4.78 is 23.6. The maximum absolute atomic E-state index is 13.9. The number of halogens is 1. The first-order valence-electron chi connectivity index (χ1n) is 13.6. The second-order valence-corrected chi connectivity index (χ2v) is 11.1. The van der Waals surface area contributed by atoms with Crippen molar-refractivity contribution in [1.29, 1.82) is 0 Å². The van der Waals surface area contributed by atoms with E-state index in [2.05, 4.69) is 27.9 Å². The fourth-order valence-corrected chi connectivity index (χ4v) is 5.70. The Bertz CT molecular complexity index is 1230. The van der Waals surface area contributed by atoms with Crippen LogP contribution < -0.4 is 19.5 Å². The molecule has 2 aromatic rings. The number of aliphatic hydroxyl groups excluding tert-OH is 2. The van der Waals surface area contributed by atoms with E-state index in [4.69, 9.17) is 18.9 Å². The van der Waals surface area contributed by atoms with E-state index in [0.717, 1.165) is 9.13 Å². The van der Waals surface area contributed by atoms with Crippen LogP contribution in [0.4, 0.5) is 0 Å². The lowest BCUT2D eigenvalue weighted by molar-refractivity contribution is -0.142. The third kappa shape index (κ3) is 7.70. The number of benzene rings is 2. The molecule has 11 heteroatoms. The van der Waals surface area contributed by atoms with Crippen molar-refractivity contribution >= 4 is 34.4 Å². The number of amides is 2. The third-order valence-corrected chi connectivity index (χ3v) is 8.28. The number of carbonyl (C=O) groups excluding carboxylic acids is 2. The number of nitrogens with one attached hydrogen (secondary N) is 1. The van der Waals surface area contributed by atoms with Gasteiger partial charge < -0.3 is 39.4 Å². The Morgan fingerprint density at radius 2 is 1.95 bits per heavy atom. The highest BCUT2D eigenvalue weighted by atomic mass is 127. The van der Waals surface area contributed by atoms with Crippen LogP contribution in [0.5, 0.6) is 17.2 Å². The van der Waals surface area contributed by atoms with Gasteiger partial charge in [0.25, 0.3) is 0 Å². The molecule has 2 amide bonds. The number of methoxy groups -OCH3 is 2. The largest absolute Gasteiger partial charge is 0.497 e. The third-order valence-electron chi connectivity index (χ3n) is 7.39. The molecule has 1 aliphatic heterocycles. The van der Waals surface area contributed by atoms with E-state index in [1.807, 2.05) is 30.3 Å². The van der Waals surface area contributed by atoms with Crippen LogP contribution in [0.15, 0.2) is 54.1 Å². The van der Waals surface area contributed by atoms with Crippen LogP contribution in [0.3, 0.4) is 0 Å². The van der Waals surface area contributed by atoms with Crippen molar-refractivity contribution in [3.8, 4) is 17.2 Å². The molecule has 41 heavy (non-hydrogen) atoms. The number of hydrogen-bond donors (Lipinski definition) is 3. The van der Waals surface area contributed by atoms with Gasteiger partial charge in [0.05, 0.1) is 43.0 Å². The quantitative estimate of drug-likeness (QED) is 0.292. The number of aliphatic hydroxyl groups is 2. The van der Waals surface area contributed by atoms with E-state index in [0.29, 0.717) is 48.9 Å². The van der Waals surface area contributed by atoms with Crippen molar-refractivity contribution < 1.29 is 38.7 Å². The minimum atomic E-state index is -1.11. The number of rotatable bonds is 12. The normalized spacial score (nSPS) is 22.0. The van der Waals surface area contributed by atoms with Gasteiger partial charge in [0.2, 0.25) is 11.8 Å². The average Bonchev–Trinajstić information content (AvgIpc) is 3.53. The van der Waals surface area contributed by atoms with Crippen LogP contribution in [0.2, 0.25) is 0 Å². The van der Waals surface area contributed by atoms with E-state index < -0.39 is 18.2 Å². The van der Waals surface area contributed by atoms with Gasteiger partial charge in [-0.3, -0.25) is 9.59 Å². The Morgan fingerprint density at radius 3 is 2.63 bits per heavy atom. The summed E-state index contributed by atoms with van der Waals surface area (Å²) in [5.41, 5.74) is 1.23. The zero-order valence-corrected chi connectivity index (χ0v) is 25.4. The lowest BCUT2D eigenvalue weighted by Gasteiger charge is -2.41. The first kappa shape index (κ1) is 31.1. The molecule has 2 aromatic carbocycles. The molecule has 1 heterocycles.